The molecule has 2 atom stereocenters. The van der Waals surface area contributed by atoms with E-state index in [0.717, 1.165) is 30.8 Å². The van der Waals surface area contributed by atoms with Crippen LogP contribution in [0.5, 0.6) is 5.75 Å². The van der Waals surface area contributed by atoms with Gasteiger partial charge in [-0.25, -0.2) is 0 Å². The molecule has 2 unspecified atom stereocenters. The minimum Gasteiger partial charge on any atom is -0.489 e. The highest BCUT2D eigenvalue weighted by Gasteiger charge is 2.24. The number of aryl methyl sites for hydroxylation is 1. The Morgan fingerprint density at radius 3 is 2.73 bits per heavy atom. The maximum absolute atomic E-state index is 12.0. The number of carbonyl (C=O) groups is 1. The lowest BCUT2D eigenvalue weighted by Gasteiger charge is -2.20. The topological polar surface area (TPSA) is 41.6 Å². The first-order valence-corrected chi connectivity index (χ1v) is 9.42. The van der Waals surface area contributed by atoms with Crippen molar-refractivity contribution in [3.8, 4) is 5.75 Å². The molecule has 0 saturated carbocycles. The SMILES string of the molecule is CCNC(=O)C(C)c1ccc(OC2CCN(c3cccc(C)c3)C2)cc1. The van der Waals surface area contributed by atoms with E-state index in [1.165, 1.54) is 11.3 Å². The molecule has 1 aliphatic rings. The van der Waals surface area contributed by atoms with Gasteiger partial charge in [-0.1, -0.05) is 24.3 Å². The summed E-state index contributed by atoms with van der Waals surface area (Å²) in [5.41, 5.74) is 3.56. The fourth-order valence-electron chi connectivity index (χ4n) is 3.39. The second kappa shape index (κ2) is 8.26. The summed E-state index contributed by atoms with van der Waals surface area (Å²) in [6.07, 6.45) is 1.22. The average Bonchev–Trinajstić information content (AvgIpc) is 3.10. The third-order valence-corrected chi connectivity index (χ3v) is 4.94. The van der Waals surface area contributed by atoms with E-state index < -0.39 is 0 Å². The smallest absolute Gasteiger partial charge is 0.227 e. The minimum absolute atomic E-state index is 0.0609. The summed E-state index contributed by atoms with van der Waals surface area (Å²) in [5.74, 6) is 0.783. The summed E-state index contributed by atoms with van der Waals surface area (Å²) in [6, 6.07) is 16.5. The summed E-state index contributed by atoms with van der Waals surface area (Å²) in [5, 5.41) is 2.87. The van der Waals surface area contributed by atoms with Gasteiger partial charge in [-0.2, -0.15) is 0 Å². The van der Waals surface area contributed by atoms with Crippen LogP contribution in [0, 0.1) is 6.92 Å². The van der Waals surface area contributed by atoms with Crippen molar-refractivity contribution in [3.63, 3.8) is 0 Å². The van der Waals surface area contributed by atoms with Crippen molar-refractivity contribution < 1.29 is 9.53 Å². The van der Waals surface area contributed by atoms with E-state index in [1.807, 2.05) is 38.1 Å². The number of rotatable bonds is 6. The highest BCUT2D eigenvalue weighted by Crippen LogP contribution is 2.25. The highest BCUT2D eigenvalue weighted by atomic mass is 16.5. The number of likely N-dealkylation sites (N-methyl/N-ethyl adjacent to an activating group) is 1. The van der Waals surface area contributed by atoms with Crippen molar-refractivity contribution in [1.82, 2.24) is 5.32 Å². The van der Waals surface area contributed by atoms with Crippen LogP contribution in [-0.2, 0) is 4.79 Å². The molecule has 0 aromatic heterocycles. The van der Waals surface area contributed by atoms with Crippen LogP contribution in [0.1, 0.15) is 37.3 Å². The molecule has 0 spiro atoms. The molecule has 1 heterocycles. The molecular weight excluding hydrogens is 324 g/mol. The molecule has 1 aliphatic heterocycles. The molecule has 1 amide bonds. The average molecular weight is 352 g/mol. The van der Waals surface area contributed by atoms with Crippen LogP contribution in [0.4, 0.5) is 5.69 Å². The molecule has 26 heavy (non-hydrogen) atoms. The van der Waals surface area contributed by atoms with Gasteiger partial charge in [-0.3, -0.25) is 4.79 Å². The van der Waals surface area contributed by atoms with Crippen LogP contribution in [0.3, 0.4) is 0 Å². The number of anilines is 1. The fourth-order valence-corrected chi connectivity index (χ4v) is 3.39. The lowest BCUT2D eigenvalue weighted by Crippen LogP contribution is -2.27. The first-order chi connectivity index (χ1) is 12.6. The molecule has 1 fully saturated rings. The van der Waals surface area contributed by atoms with Crippen LogP contribution in [-0.4, -0.2) is 31.6 Å². The largest absolute Gasteiger partial charge is 0.489 e. The van der Waals surface area contributed by atoms with Crippen molar-refractivity contribution >= 4 is 11.6 Å². The molecule has 138 valence electrons. The van der Waals surface area contributed by atoms with Gasteiger partial charge < -0.3 is 15.0 Å². The molecule has 1 saturated heterocycles. The van der Waals surface area contributed by atoms with Crippen LogP contribution in [0.15, 0.2) is 48.5 Å². The first-order valence-electron chi connectivity index (χ1n) is 9.42. The molecule has 0 aliphatic carbocycles. The third-order valence-electron chi connectivity index (χ3n) is 4.94. The van der Waals surface area contributed by atoms with Gasteiger partial charge in [0.25, 0.3) is 0 Å². The quantitative estimate of drug-likeness (QED) is 0.857. The predicted octanol–water partition coefficient (Wildman–Crippen LogP) is 3.89. The molecule has 2 aromatic rings. The number of amides is 1. The van der Waals surface area contributed by atoms with Crippen LogP contribution in [0.2, 0.25) is 0 Å². The van der Waals surface area contributed by atoms with Gasteiger partial charge >= 0.3 is 0 Å². The van der Waals surface area contributed by atoms with Crippen molar-refractivity contribution in [1.29, 1.82) is 0 Å². The van der Waals surface area contributed by atoms with Crippen LogP contribution >= 0.6 is 0 Å². The van der Waals surface area contributed by atoms with E-state index >= 15 is 0 Å². The van der Waals surface area contributed by atoms with Gasteiger partial charge in [0.05, 0.1) is 12.5 Å². The number of hydrogen-bond acceptors (Lipinski definition) is 3. The second-order valence-electron chi connectivity index (χ2n) is 7.00. The van der Waals surface area contributed by atoms with Crippen molar-refractivity contribution in [3.05, 3.63) is 59.7 Å². The fraction of sp³-hybridized carbons (Fsp3) is 0.409. The Balaban J connectivity index is 1.57. The Hall–Kier alpha value is -2.49. The number of benzene rings is 2. The van der Waals surface area contributed by atoms with Crippen molar-refractivity contribution in [2.45, 2.75) is 39.2 Å². The maximum atomic E-state index is 12.0. The molecule has 0 bridgehead atoms. The van der Waals surface area contributed by atoms with E-state index in [1.54, 1.807) is 0 Å². The second-order valence-corrected chi connectivity index (χ2v) is 7.00. The van der Waals surface area contributed by atoms with E-state index in [9.17, 15) is 4.79 Å². The predicted molar refractivity (Wildman–Crippen MR) is 106 cm³/mol. The van der Waals surface area contributed by atoms with Crippen LogP contribution in [0.25, 0.3) is 0 Å². The molecule has 2 aromatic carbocycles. The zero-order valence-corrected chi connectivity index (χ0v) is 15.9. The van der Waals surface area contributed by atoms with E-state index in [-0.39, 0.29) is 17.9 Å². The van der Waals surface area contributed by atoms with Gasteiger partial charge in [0, 0.05) is 25.2 Å². The zero-order valence-electron chi connectivity index (χ0n) is 15.9. The Kier molecular flexibility index (Phi) is 5.82. The summed E-state index contributed by atoms with van der Waals surface area (Å²) < 4.78 is 6.16. The molecule has 4 heteroatoms. The standard InChI is InChI=1S/C22H28N2O2/c1-4-23-22(25)17(3)18-8-10-20(11-9-18)26-21-12-13-24(15-21)19-7-5-6-16(2)14-19/h5-11,14,17,21H,4,12-13,15H2,1-3H3,(H,23,25). The number of carbonyl (C=O) groups excluding carboxylic acids is 1. The van der Waals surface area contributed by atoms with Crippen LogP contribution < -0.4 is 15.0 Å². The van der Waals surface area contributed by atoms with Gasteiger partial charge in [0.2, 0.25) is 5.91 Å². The zero-order chi connectivity index (χ0) is 18.5. The van der Waals surface area contributed by atoms with Crippen molar-refractivity contribution in [2.75, 3.05) is 24.5 Å². The Morgan fingerprint density at radius 2 is 2.04 bits per heavy atom. The number of nitrogens with one attached hydrogen (secondary N) is 1. The first kappa shape index (κ1) is 18.3. The van der Waals surface area contributed by atoms with E-state index in [4.69, 9.17) is 4.74 Å². The van der Waals surface area contributed by atoms with Gasteiger partial charge in [-0.15, -0.1) is 0 Å². The summed E-state index contributed by atoms with van der Waals surface area (Å²) in [6.45, 7) is 8.56. The number of ether oxygens (including phenoxy) is 1. The molecule has 1 N–H and O–H groups in total. The van der Waals surface area contributed by atoms with Gasteiger partial charge in [-0.05, 0) is 56.2 Å². The van der Waals surface area contributed by atoms with E-state index in [0.29, 0.717) is 6.54 Å². The molecule has 3 rings (SSSR count). The molecule has 0 radical (unpaired) electrons. The van der Waals surface area contributed by atoms with Gasteiger partial charge in [0.15, 0.2) is 0 Å². The Morgan fingerprint density at radius 1 is 1.27 bits per heavy atom. The summed E-state index contributed by atoms with van der Waals surface area (Å²) in [4.78, 5) is 14.3. The lowest BCUT2D eigenvalue weighted by molar-refractivity contribution is -0.122. The Labute approximate surface area is 156 Å². The number of nitrogens with zero attached hydrogens (tertiary/aromatic N) is 1. The lowest BCUT2D eigenvalue weighted by atomic mass is 10.0. The minimum atomic E-state index is -0.146. The third kappa shape index (κ3) is 4.37. The summed E-state index contributed by atoms with van der Waals surface area (Å²) in [7, 11) is 0. The molecular formula is C22H28N2O2. The van der Waals surface area contributed by atoms with Gasteiger partial charge in [0.1, 0.15) is 11.9 Å². The maximum Gasteiger partial charge on any atom is 0.227 e. The molecule has 4 nitrogen and oxygen atoms in total. The van der Waals surface area contributed by atoms with Crippen molar-refractivity contribution in [2.24, 2.45) is 0 Å². The Bertz CT molecular complexity index is 742. The summed E-state index contributed by atoms with van der Waals surface area (Å²) >= 11 is 0. The number of hydrogen-bond donors (Lipinski definition) is 1. The normalized spacial score (nSPS) is 17.8. The van der Waals surface area contributed by atoms with E-state index in [2.05, 4.69) is 41.4 Å². The highest BCUT2D eigenvalue weighted by molar-refractivity contribution is 5.83. The monoisotopic (exact) mass is 352 g/mol.